The molecule has 1 saturated carbocycles. The highest BCUT2D eigenvalue weighted by Gasteiger charge is 2.39. The van der Waals surface area contributed by atoms with E-state index in [-0.39, 0.29) is 24.9 Å². The highest BCUT2D eigenvalue weighted by Crippen LogP contribution is 2.42. The molecule has 2 rings (SSSR count). The lowest BCUT2D eigenvalue weighted by molar-refractivity contribution is -0.0531. The molecule has 2 atom stereocenters. The van der Waals surface area contributed by atoms with Crippen molar-refractivity contribution in [3.8, 4) is 5.75 Å². The summed E-state index contributed by atoms with van der Waals surface area (Å²) in [6.07, 6.45) is 3.42. The number of hydrogen-bond acceptors (Lipinski definition) is 3. The first-order valence-electron chi connectivity index (χ1n) is 7.97. The zero-order valence-electron chi connectivity index (χ0n) is 14.2. The van der Waals surface area contributed by atoms with Crippen LogP contribution in [0.15, 0.2) is 24.3 Å². The molecule has 0 aliphatic heterocycles. The molecule has 1 aliphatic rings. The quantitative estimate of drug-likeness (QED) is 0.895. The largest absolute Gasteiger partial charge is 0.497 e. The van der Waals surface area contributed by atoms with E-state index in [4.69, 9.17) is 8.85 Å². The van der Waals surface area contributed by atoms with Crippen molar-refractivity contribution in [1.82, 2.24) is 5.32 Å². The van der Waals surface area contributed by atoms with Gasteiger partial charge in [-0.15, -0.1) is 12.4 Å². The van der Waals surface area contributed by atoms with Crippen molar-refractivity contribution in [2.75, 3.05) is 20.6 Å². The molecule has 1 aliphatic carbocycles. The molecule has 19 heavy (non-hydrogen) atoms. The average Bonchev–Trinajstić information content (AvgIpc) is 2.45. The minimum Gasteiger partial charge on any atom is -0.497 e. The lowest BCUT2D eigenvalue weighted by Crippen LogP contribution is -2.42. The van der Waals surface area contributed by atoms with Crippen LogP contribution in [0, 0.1) is 5.92 Å². The van der Waals surface area contributed by atoms with E-state index in [0.29, 0.717) is 12.2 Å². The fourth-order valence-corrected chi connectivity index (χ4v) is 2.89. The Morgan fingerprint density at radius 1 is 1.53 bits per heavy atom. The molecule has 0 heterocycles. The minimum atomic E-state index is -2.17. The Kier molecular flexibility index (Phi) is 4.51. The van der Waals surface area contributed by atoms with E-state index in [0.717, 1.165) is 24.8 Å². The Hall–Kier alpha value is -0.770. The second kappa shape index (κ2) is 7.13. The Bertz CT molecular complexity index is 484. The predicted octanol–water partition coefficient (Wildman–Crippen LogP) is 2.71. The van der Waals surface area contributed by atoms with Crippen LogP contribution in [0.2, 0.25) is 0 Å². The van der Waals surface area contributed by atoms with Crippen LogP contribution in [-0.2, 0) is 5.60 Å². The fraction of sp³-hybridized carbons (Fsp3) is 0.600. The van der Waals surface area contributed by atoms with Crippen molar-refractivity contribution in [2.24, 2.45) is 5.92 Å². The van der Waals surface area contributed by atoms with E-state index in [1.54, 1.807) is 7.11 Å². The molecule has 2 unspecified atom stereocenters. The molecule has 108 valence electrons. The summed E-state index contributed by atoms with van der Waals surface area (Å²) in [5.41, 5.74) is -0.190. The van der Waals surface area contributed by atoms with Crippen LogP contribution < -0.4 is 10.1 Å². The Balaban J connectivity index is 0.00000242. The van der Waals surface area contributed by atoms with Gasteiger partial charge in [-0.25, -0.2) is 0 Å². The summed E-state index contributed by atoms with van der Waals surface area (Å²) in [5, 5.41) is 13.7. The predicted molar refractivity (Wildman–Crippen MR) is 80.0 cm³/mol. The summed E-state index contributed by atoms with van der Waals surface area (Å²) in [4.78, 5) is 0. The summed E-state index contributed by atoms with van der Waals surface area (Å²) in [5.74, 6) is 0.591. The van der Waals surface area contributed by atoms with Gasteiger partial charge in [0.05, 0.1) is 12.7 Å². The van der Waals surface area contributed by atoms with Gasteiger partial charge in [-0.1, -0.05) is 25.0 Å². The molecule has 0 radical (unpaired) electrons. The number of aliphatic hydroxyl groups is 1. The number of benzene rings is 1. The van der Waals surface area contributed by atoms with Crippen LogP contribution in [0.4, 0.5) is 0 Å². The van der Waals surface area contributed by atoms with Crippen LogP contribution in [0.5, 0.6) is 5.75 Å². The van der Waals surface area contributed by atoms with Gasteiger partial charge in [-0.2, -0.15) is 0 Å². The summed E-state index contributed by atoms with van der Waals surface area (Å²) >= 11 is 0. The van der Waals surface area contributed by atoms with E-state index in [1.807, 2.05) is 24.3 Å². The van der Waals surface area contributed by atoms with Gasteiger partial charge in [0.15, 0.2) is 0 Å². The lowest BCUT2D eigenvalue weighted by atomic mass is 9.71. The van der Waals surface area contributed by atoms with Gasteiger partial charge < -0.3 is 15.2 Å². The summed E-state index contributed by atoms with van der Waals surface area (Å²) in [6.45, 7) is -1.89. The topological polar surface area (TPSA) is 41.5 Å². The zero-order chi connectivity index (χ0) is 15.5. The molecule has 2 N–H and O–H groups in total. The van der Waals surface area contributed by atoms with E-state index >= 15 is 0 Å². The van der Waals surface area contributed by atoms with Gasteiger partial charge in [0.25, 0.3) is 0 Å². The van der Waals surface area contributed by atoms with E-state index in [1.165, 1.54) is 0 Å². The van der Waals surface area contributed by atoms with Crippen LogP contribution in [-0.4, -0.2) is 25.7 Å². The van der Waals surface area contributed by atoms with Crippen molar-refractivity contribution in [3.05, 3.63) is 29.8 Å². The van der Waals surface area contributed by atoms with Crippen molar-refractivity contribution in [1.29, 1.82) is 0 Å². The smallest absolute Gasteiger partial charge is 0.119 e. The minimum absolute atomic E-state index is 0. The second-order valence-corrected chi connectivity index (χ2v) is 4.98. The van der Waals surface area contributed by atoms with Crippen molar-refractivity contribution in [3.63, 3.8) is 0 Å². The highest BCUT2D eigenvalue weighted by atomic mass is 35.5. The molecule has 1 fully saturated rings. The maximum absolute atomic E-state index is 11.1. The monoisotopic (exact) mass is 288 g/mol. The van der Waals surface area contributed by atoms with E-state index < -0.39 is 12.6 Å². The Labute approximate surface area is 126 Å². The Morgan fingerprint density at radius 2 is 2.37 bits per heavy atom. The average molecular weight is 289 g/mol. The summed E-state index contributed by atoms with van der Waals surface area (Å²) in [6, 6.07) is 7.42. The van der Waals surface area contributed by atoms with Gasteiger partial charge >= 0.3 is 0 Å². The van der Waals surface area contributed by atoms with Gasteiger partial charge in [0.2, 0.25) is 0 Å². The standard InChI is InChI=1S/C15H23NO2.ClH/c1-16-11-13-6-3-4-9-15(13,17)12-7-5-8-14(10-12)18-2;/h5,7-8,10,13,16-17H,3-4,6,9,11H2,1-2H3;1H/i1D3;. The number of rotatable bonds is 4. The SMILES string of the molecule is Cl.[2H]C([2H])([2H])NCC1CCCCC1(O)c1cccc(OC)c1. The van der Waals surface area contributed by atoms with Gasteiger partial charge in [0, 0.05) is 16.6 Å². The molecule has 1 aromatic rings. The molecule has 1 aromatic carbocycles. The number of halogens is 1. The summed E-state index contributed by atoms with van der Waals surface area (Å²) < 4.78 is 27.0. The van der Waals surface area contributed by atoms with Crippen LogP contribution in [0.25, 0.3) is 0 Å². The van der Waals surface area contributed by atoms with Gasteiger partial charge in [-0.05, 0) is 37.5 Å². The molecule has 4 heteroatoms. The fourth-order valence-electron chi connectivity index (χ4n) is 2.89. The third-order valence-electron chi connectivity index (χ3n) is 3.95. The van der Waals surface area contributed by atoms with Gasteiger partial charge in [-0.3, -0.25) is 0 Å². The zero-order valence-corrected chi connectivity index (χ0v) is 12.0. The second-order valence-electron chi connectivity index (χ2n) is 4.98. The van der Waals surface area contributed by atoms with Crippen molar-refractivity contribution < 1.29 is 14.0 Å². The molecular weight excluding hydrogens is 262 g/mol. The maximum atomic E-state index is 11.1. The molecule has 0 bridgehead atoms. The third kappa shape index (κ3) is 3.41. The van der Waals surface area contributed by atoms with Crippen LogP contribution in [0.1, 0.15) is 35.4 Å². The first kappa shape index (κ1) is 12.0. The first-order chi connectivity index (χ1) is 9.85. The molecule has 0 saturated heterocycles. The normalized spacial score (nSPS) is 29.6. The van der Waals surface area contributed by atoms with E-state index in [2.05, 4.69) is 5.32 Å². The summed E-state index contributed by atoms with van der Waals surface area (Å²) in [7, 11) is 1.59. The molecule has 0 aromatic heterocycles. The molecule has 3 nitrogen and oxygen atoms in total. The van der Waals surface area contributed by atoms with Crippen molar-refractivity contribution in [2.45, 2.75) is 31.3 Å². The molecule has 0 amide bonds. The first-order valence-corrected chi connectivity index (χ1v) is 6.47. The van der Waals surface area contributed by atoms with E-state index in [9.17, 15) is 5.11 Å². The van der Waals surface area contributed by atoms with Crippen LogP contribution in [0.3, 0.4) is 0 Å². The van der Waals surface area contributed by atoms with Crippen LogP contribution >= 0.6 is 12.4 Å². The number of ether oxygens (including phenoxy) is 1. The number of nitrogens with one attached hydrogen (secondary N) is 1. The lowest BCUT2D eigenvalue weighted by Gasteiger charge is -2.40. The maximum Gasteiger partial charge on any atom is 0.119 e. The van der Waals surface area contributed by atoms with Crippen molar-refractivity contribution >= 4 is 12.4 Å². The third-order valence-corrected chi connectivity index (χ3v) is 3.95. The molecular formula is C15H24ClNO2. The molecule has 0 spiro atoms. The highest BCUT2D eigenvalue weighted by molar-refractivity contribution is 5.85. The number of methoxy groups -OCH3 is 1. The van der Waals surface area contributed by atoms with Gasteiger partial charge in [0.1, 0.15) is 5.75 Å². The number of hydrogen-bond donors (Lipinski definition) is 2. The Morgan fingerprint density at radius 3 is 3.11 bits per heavy atom.